The van der Waals surface area contributed by atoms with Crippen LogP contribution in [0.1, 0.15) is 39.8 Å². The number of fused-ring (bicyclic) bond motifs is 1. The topological polar surface area (TPSA) is 82.3 Å². The molecule has 28 heavy (non-hydrogen) atoms. The van der Waals surface area contributed by atoms with Crippen LogP contribution in [0.4, 0.5) is 0 Å². The molecule has 1 aromatic carbocycles. The quantitative estimate of drug-likeness (QED) is 0.268. The standard InChI is InChI=1S/C21H16N2O4S/c1-3-17(24)13-6-8-14(9-7-13)26-21(25)15-11-16(18-5-4-10-28-18)22-20-19(15)12(2)23-27-20/h4-11H,3H2,1-2H3. The van der Waals surface area contributed by atoms with Crippen LogP contribution in [0.5, 0.6) is 5.75 Å². The van der Waals surface area contributed by atoms with Gasteiger partial charge in [0.1, 0.15) is 5.75 Å². The van der Waals surface area contributed by atoms with Crippen LogP contribution in [0, 0.1) is 6.92 Å². The number of rotatable bonds is 5. The van der Waals surface area contributed by atoms with Crippen LogP contribution in [-0.4, -0.2) is 21.9 Å². The van der Waals surface area contributed by atoms with E-state index in [-0.39, 0.29) is 5.78 Å². The first-order valence-corrected chi connectivity index (χ1v) is 9.61. The highest BCUT2D eigenvalue weighted by Crippen LogP contribution is 2.30. The molecule has 0 bridgehead atoms. The second-order valence-electron chi connectivity index (χ2n) is 6.17. The number of carbonyl (C=O) groups is 2. The minimum absolute atomic E-state index is 0.0365. The predicted octanol–water partition coefficient (Wildman–Crippen LogP) is 5.07. The molecule has 4 rings (SSSR count). The molecule has 0 aliphatic carbocycles. The summed E-state index contributed by atoms with van der Waals surface area (Å²) in [5, 5.41) is 6.39. The van der Waals surface area contributed by atoms with E-state index in [2.05, 4.69) is 10.1 Å². The van der Waals surface area contributed by atoms with E-state index in [9.17, 15) is 9.59 Å². The van der Waals surface area contributed by atoms with E-state index in [1.54, 1.807) is 44.2 Å². The van der Waals surface area contributed by atoms with Crippen molar-refractivity contribution in [2.24, 2.45) is 0 Å². The second-order valence-corrected chi connectivity index (χ2v) is 7.12. The number of ketones is 1. The Bertz CT molecular complexity index is 1160. The Balaban J connectivity index is 1.70. The van der Waals surface area contributed by atoms with Crippen LogP contribution in [-0.2, 0) is 0 Å². The van der Waals surface area contributed by atoms with Crippen LogP contribution >= 0.6 is 11.3 Å². The Morgan fingerprint density at radius 3 is 2.64 bits per heavy atom. The number of aromatic nitrogens is 2. The SMILES string of the molecule is CCC(=O)c1ccc(OC(=O)c2cc(-c3cccs3)nc3onc(C)c23)cc1. The summed E-state index contributed by atoms with van der Waals surface area (Å²) >= 11 is 1.51. The average Bonchev–Trinajstić information content (AvgIpc) is 3.37. The van der Waals surface area contributed by atoms with Crippen LogP contribution < -0.4 is 4.74 Å². The molecule has 0 N–H and O–H groups in total. The molecule has 0 amide bonds. The van der Waals surface area contributed by atoms with Gasteiger partial charge >= 0.3 is 5.97 Å². The van der Waals surface area contributed by atoms with E-state index in [1.165, 1.54) is 11.3 Å². The van der Waals surface area contributed by atoms with Crippen LogP contribution in [0.2, 0.25) is 0 Å². The van der Waals surface area contributed by atoms with Gasteiger partial charge in [0.05, 0.1) is 27.2 Å². The number of pyridine rings is 1. The summed E-state index contributed by atoms with van der Waals surface area (Å²) in [6.45, 7) is 3.55. The van der Waals surface area contributed by atoms with Gasteiger partial charge in [-0.1, -0.05) is 18.1 Å². The number of carbonyl (C=O) groups excluding carboxylic acids is 2. The third kappa shape index (κ3) is 3.32. The maximum Gasteiger partial charge on any atom is 0.344 e. The van der Waals surface area contributed by atoms with Crippen molar-refractivity contribution in [2.75, 3.05) is 0 Å². The summed E-state index contributed by atoms with van der Waals surface area (Å²) in [6.07, 6.45) is 0.423. The fraction of sp³-hybridized carbons (Fsp3) is 0.143. The Hall–Kier alpha value is -3.32. The first-order chi connectivity index (χ1) is 13.6. The summed E-state index contributed by atoms with van der Waals surface area (Å²) in [7, 11) is 0. The van der Waals surface area contributed by atoms with Gasteiger partial charge in [0.25, 0.3) is 5.71 Å². The number of hydrogen-bond acceptors (Lipinski definition) is 7. The molecule has 6 nitrogen and oxygen atoms in total. The van der Waals surface area contributed by atoms with Gasteiger partial charge in [-0.2, -0.15) is 0 Å². The van der Waals surface area contributed by atoms with Crippen LogP contribution in [0.25, 0.3) is 21.7 Å². The van der Waals surface area contributed by atoms with E-state index in [4.69, 9.17) is 9.26 Å². The summed E-state index contributed by atoms with van der Waals surface area (Å²) in [5.74, 6) is -0.144. The minimum atomic E-state index is -0.536. The van der Waals surface area contributed by atoms with Gasteiger partial charge in [-0.15, -0.1) is 11.3 Å². The van der Waals surface area contributed by atoms with Crippen molar-refractivity contribution < 1.29 is 18.8 Å². The van der Waals surface area contributed by atoms with E-state index < -0.39 is 5.97 Å². The lowest BCUT2D eigenvalue weighted by molar-refractivity contribution is 0.0736. The van der Waals surface area contributed by atoms with Gasteiger partial charge in [0.2, 0.25) is 0 Å². The number of aryl methyl sites for hydroxylation is 1. The third-order valence-electron chi connectivity index (χ3n) is 4.32. The van der Waals surface area contributed by atoms with E-state index in [0.29, 0.717) is 45.8 Å². The molecule has 0 atom stereocenters. The lowest BCUT2D eigenvalue weighted by Crippen LogP contribution is -2.10. The van der Waals surface area contributed by atoms with Gasteiger partial charge in [0, 0.05) is 12.0 Å². The maximum atomic E-state index is 12.9. The van der Waals surface area contributed by atoms with Crippen molar-refractivity contribution in [3.05, 3.63) is 64.7 Å². The number of ether oxygens (including phenoxy) is 1. The molecule has 4 aromatic rings. The smallest absolute Gasteiger partial charge is 0.344 e. The van der Waals surface area contributed by atoms with Crippen molar-refractivity contribution in [1.82, 2.24) is 10.1 Å². The Morgan fingerprint density at radius 1 is 1.18 bits per heavy atom. The molecule has 3 aromatic heterocycles. The Morgan fingerprint density at radius 2 is 1.96 bits per heavy atom. The van der Waals surface area contributed by atoms with Crippen molar-refractivity contribution in [2.45, 2.75) is 20.3 Å². The molecule has 0 fully saturated rings. The number of nitrogens with zero attached hydrogens (tertiary/aromatic N) is 2. The van der Waals surface area contributed by atoms with Gasteiger partial charge in [-0.25, -0.2) is 9.78 Å². The maximum absolute atomic E-state index is 12.9. The van der Waals surface area contributed by atoms with Gasteiger partial charge in [-0.3, -0.25) is 4.79 Å². The van der Waals surface area contributed by atoms with Crippen molar-refractivity contribution in [1.29, 1.82) is 0 Å². The first-order valence-electron chi connectivity index (χ1n) is 8.73. The molecule has 7 heteroatoms. The average molecular weight is 392 g/mol. The molecule has 0 saturated carbocycles. The van der Waals surface area contributed by atoms with Gasteiger partial charge in [-0.05, 0) is 48.7 Å². The zero-order valence-corrected chi connectivity index (χ0v) is 16.1. The highest BCUT2D eigenvalue weighted by atomic mass is 32.1. The number of Topliss-reactive ketones (excluding diaryl/α,β-unsaturated/α-hetero) is 1. The highest BCUT2D eigenvalue weighted by molar-refractivity contribution is 7.13. The molecular formula is C21H16N2O4S. The number of benzene rings is 1. The lowest BCUT2D eigenvalue weighted by atomic mass is 10.1. The lowest BCUT2D eigenvalue weighted by Gasteiger charge is -2.07. The highest BCUT2D eigenvalue weighted by Gasteiger charge is 2.21. The number of hydrogen-bond donors (Lipinski definition) is 0. The normalized spacial score (nSPS) is 10.9. The van der Waals surface area contributed by atoms with E-state index in [1.807, 2.05) is 17.5 Å². The summed E-state index contributed by atoms with van der Waals surface area (Å²) in [4.78, 5) is 30.0. The molecule has 140 valence electrons. The molecule has 0 aliphatic rings. The van der Waals surface area contributed by atoms with Crippen LogP contribution in [0.3, 0.4) is 0 Å². The van der Waals surface area contributed by atoms with E-state index in [0.717, 1.165) is 4.88 Å². The van der Waals surface area contributed by atoms with Gasteiger partial charge < -0.3 is 9.26 Å². The molecular weight excluding hydrogens is 376 g/mol. The Labute approximate surface area is 164 Å². The van der Waals surface area contributed by atoms with Crippen molar-refractivity contribution in [3.8, 4) is 16.3 Å². The molecule has 0 spiro atoms. The molecule has 0 aliphatic heterocycles. The molecule has 0 saturated heterocycles. The fourth-order valence-electron chi connectivity index (χ4n) is 2.88. The third-order valence-corrected chi connectivity index (χ3v) is 5.21. The van der Waals surface area contributed by atoms with E-state index >= 15 is 0 Å². The number of thiophene rings is 1. The van der Waals surface area contributed by atoms with Crippen LogP contribution in [0.15, 0.2) is 52.4 Å². The minimum Gasteiger partial charge on any atom is -0.423 e. The largest absolute Gasteiger partial charge is 0.423 e. The monoisotopic (exact) mass is 392 g/mol. The Kier molecular flexibility index (Phi) is 4.75. The zero-order chi connectivity index (χ0) is 19.7. The van der Waals surface area contributed by atoms with Crippen molar-refractivity contribution >= 4 is 34.2 Å². The second kappa shape index (κ2) is 7.36. The molecule has 0 radical (unpaired) electrons. The fourth-order valence-corrected chi connectivity index (χ4v) is 3.57. The zero-order valence-electron chi connectivity index (χ0n) is 15.3. The summed E-state index contributed by atoms with van der Waals surface area (Å²) in [6, 6.07) is 12.0. The first kappa shape index (κ1) is 18.1. The van der Waals surface area contributed by atoms with Crippen molar-refractivity contribution in [3.63, 3.8) is 0 Å². The summed E-state index contributed by atoms with van der Waals surface area (Å²) in [5.41, 5.74) is 2.40. The number of esters is 1. The predicted molar refractivity (Wildman–Crippen MR) is 106 cm³/mol. The molecule has 0 unspecified atom stereocenters. The van der Waals surface area contributed by atoms with Gasteiger partial charge in [0.15, 0.2) is 5.78 Å². The molecule has 3 heterocycles. The summed E-state index contributed by atoms with van der Waals surface area (Å²) < 4.78 is 10.8.